The molecule has 0 aliphatic carbocycles. The van der Waals surface area contributed by atoms with Gasteiger partial charge in [0.15, 0.2) is 0 Å². The van der Waals surface area contributed by atoms with Gasteiger partial charge in [-0.15, -0.1) is 0 Å². The summed E-state index contributed by atoms with van der Waals surface area (Å²) < 4.78 is 22.5. The highest BCUT2D eigenvalue weighted by Gasteiger charge is 2.38. The number of hydrogen-bond acceptors (Lipinski definition) is 4. The highest BCUT2D eigenvalue weighted by atomic mass is 35.7. The van der Waals surface area contributed by atoms with Gasteiger partial charge < -0.3 is 4.90 Å². The summed E-state index contributed by atoms with van der Waals surface area (Å²) in [5, 5.41) is -0.550. The van der Waals surface area contributed by atoms with E-state index >= 15 is 0 Å². The molecule has 1 aliphatic rings. The van der Waals surface area contributed by atoms with Crippen molar-refractivity contribution in [3.8, 4) is 0 Å². The van der Waals surface area contributed by atoms with Crippen LogP contribution < -0.4 is 4.90 Å². The van der Waals surface area contributed by atoms with E-state index in [-0.39, 0.29) is 18.9 Å². The number of rotatable bonds is 2. The van der Waals surface area contributed by atoms with E-state index in [2.05, 4.69) is 4.98 Å². The Bertz CT molecular complexity index is 603. The van der Waals surface area contributed by atoms with Crippen LogP contribution in [0.4, 0.5) is 5.69 Å². The number of anilines is 1. The second kappa shape index (κ2) is 4.68. The van der Waals surface area contributed by atoms with E-state index in [1.807, 2.05) is 0 Å². The third-order valence-electron chi connectivity index (χ3n) is 2.83. The molecule has 2 rings (SSSR count). The Morgan fingerprint density at radius 2 is 2.17 bits per heavy atom. The van der Waals surface area contributed by atoms with Gasteiger partial charge in [0.05, 0.1) is 11.9 Å². The maximum atomic E-state index is 11.8. The fraction of sp³-hybridized carbons (Fsp3) is 0.400. The summed E-state index contributed by atoms with van der Waals surface area (Å²) in [6.07, 6.45) is 1.35. The number of hydrogen-bond donors (Lipinski definition) is 0. The molecule has 1 unspecified atom stereocenters. The molecule has 8 heteroatoms. The zero-order chi connectivity index (χ0) is 13.5. The lowest BCUT2D eigenvalue weighted by atomic mass is 10.2. The van der Waals surface area contributed by atoms with Crippen molar-refractivity contribution in [1.82, 2.24) is 4.98 Å². The molecular weight excluding hydrogens is 299 g/mol. The molecule has 0 bridgehead atoms. The minimum absolute atomic E-state index is 0.0504. The summed E-state index contributed by atoms with van der Waals surface area (Å²) in [7, 11) is 1.54. The lowest BCUT2D eigenvalue weighted by molar-refractivity contribution is -0.117. The standard InChI is InChI=1S/C10H10Cl2N2O3S/c1-6-2-9(11)13-4-8(6)14-5-7(3-10(14)15)18(12,16)17/h2,4,7H,3,5H2,1H3. The average molecular weight is 309 g/mol. The Morgan fingerprint density at radius 3 is 2.67 bits per heavy atom. The van der Waals surface area contributed by atoms with E-state index in [0.29, 0.717) is 10.8 Å². The Kier molecular flexibility index (Phi) is 3.53. The molecule has 1 fully saturated rings. The molecule has 0 spiro atoms. The SMILES string of the molecule is Cc1cc(Cl)ncc1N1CC(S(=O)(=O)Cl)CC1=O. The lowest BCUT2D eigenvalue weighted by Crippen LogP contribution is -2.27. The van der Waals surface area contributed by atoms with Crippen molar-refractivity contribution in [1.29, 1.82) is 0 Å². The molecular formula is C10H10Cl2N2O3S. The van der Waals surface area contributed by atoms with Crippen LogP contribution in [0, 0.1) is 6.92 Å². The first-order chi connectivity index (χ1) is 8.29. The van der Waals surface area contributed by atoms with Crippen molar-refractivity contribution in [2.24, 2.45) is 0 Å². The molecule has 2 heterocycles. The smallest absolute Gasteiger partial charge is 0.237 e. The fourth-order valence-corrected chi connectivity index (χ4v) is 3.13. The van der Waals surface area contributed by atoms with Crippen LogP contribution >= 0.6 is 22.3 Å². The number of amides is 1. The zero-order valence-corrected chi connectivity index (χ0v) is 11.8. The predicted octanol–water partition coefficient (Wildman–Crippen LogP) is 1.72. The average Bonchev–Trinajstić information content (AvgIpc) is 2.60. The largest absolute Gasteiger partial charge is 0.309 e. The van der Waals surface area contributed by atoms with Crippen molar-refractivity contribution >= 4 is 42.9 Å². The molecule has 0 N–H and O–H groups in total. The second-order valence-electron chi connectivity index (χ2n) is 4.10. The first-order valence-corrected chi connectivity index (χ1v) is 7.90. The Morgan fingerprint density at radius 1 is 1.50 bits per heavy atom. The maximum absolute atomic E-state index is 11.8. The molecule has 0 saturated carbocycles. The summed E-state index contributed by atoms with van der Waals surface area (Å²) in [6, 6.07) is 1.62. The van der Waals surface area contributed by atoms with Gasteiger partial charge in [-0.05, 0) is 18.6 Å². The van der Waals surface area contributed by atoms with Crippen LogP contribution in [0.2, 0.25) is 5.15 Å². The van der Waals surface area contributed by atoms with Crippen LogP contribution in [0.15, 0.2) is 12.3 Å². The molecule has 1 saturated heterocycles. The molecule has 1 aliphatic heterocycles. The van der Waals surface area contributed by atoms with E-state index < -0.39 is 14.3 Å². The van der Waals surface area contributed by atoms with Gasteiger partial charge in [0, 0.05) is 23.6 Å². The van der Waals surface area contributed by atoms with E-state index in [1.54, 1.807) is 13.0 Å². The number of carbonyl (C=O) groups is 1. The van der Waals surface area contributed by atoms with Gasteiger partial charge in [-0.2, -0.15) is 0 Å². The molecule has 0 radical (unpaired) electrons. The van der Waals surface area contributed by atoms with E-state index in [0.717, 1.165) is 5.56 Å². The minimum atomic E-state index is -3.73. The summed E-state index contributed by atoms with van der Waals surface area (Å²) in [4.78, 5) is 17.1. The first-order valence-electron chi connectivity index (χ1n) is 5.15. The fourth-order valence-electron chi connectivity index (χ4n) is 1.89. The maximum Gasteiger partial charge on any atom is 0.237 e. The van der Waals surface area contributed by atoms with Crippen LogP contribution in [-0.2, 0) is 13.8 Å². The van der Waals surface area contributed by atoms with E-state index in [4.69, 9.17) is 22.3 Å². The molecule has 1 atom stereocenters. The van der Waals surface area contributed by atoms with Crippen LogP contribution in [0.1, 0.15) is 12.0 Å². The molecule has 1 amide bonds. The summed E-state index contributed by atoms with van der Waals surface area (Å²) in [6.45, 7) is 1.83. The van der Waals surface area contributed by atoms with Crippen molar-refractivity contribution in [3.63, 3.8) is 0 Å². The number of halogens is 2. The monoisotopic (exact) mass is 308 g/mol. The highest BCUT2D eigenvalue weighted by molar-refractivity contribution is 8.14. The van der Waals surface area contributed by atoms with Gasteiger partial charge in [-0.1, -0.05) is 11.6 Å². The van der Waals surface area contributed by atoms with Crippen molar-refractivity contribution in [3.05, 3.63) is 23.0 Å². The van der Waals surface area contributed by atoms with Gasteiger partial charge in [-0.25, -0.2) is 13.4 Å². The molecule has 1 aromatic heterocycles. The zero-order valence-electron chi connectivity index (χ0n) is 9.43. The van der Waals surface area contributed by atoms with Gasteiger partial charge in [-0.3, -0.25) is 4.79 Å². The van der Waals surface area contributed by atoms with Crippen LogP contribution in [0.3, 0.4) is 0 Å². The summed E-state index contributed by atoms with van der Waals surface area (Å²) in [5.41, 5.74) is 1.32. The first kappa shape index (κ1) is 13.6. The minimum Gasteiger partial charge on any atom is -0.309 e. The quantitative estimate of drug-likeness (QED) is 0.616. The summed E-state index contributed by atoms with van der Waals surface area (Å²) >= 11 is 5.73. The second-order valence-corrected chi connectivity index (χ2v) is 7.40. The normalized spacial score (nSPS) is 20.5. The van der Waals surface area contributed by atoms with Crippen LogP contribution in [-0.4, -0.2) is 31.1 Å². The third kappa shape index (κ3) is 2.60. The number of nitrogens with zero attached hydrogens (tertiary/aromatic N) is 2. The van der Waals surface area contributed by atoms with Crippen molar-refractivity contribution in [2.75, 3.05) is 11.4 Å². The van der Waals surface area contributed by atoms with Crippen molar-refractivity contribution < 1.29 is 13.2 Å². The van der Waals surface area contributed by atoms with E-state index in [9.17, 15) is 13.2 Å². The number of aromatic nitrogens is 1. The molecule has 1 aromatic rings. The summed E-state index contributed by atoms with van der Waals surface area (Å²) in [5.74, 6) is -0.281. The van der Waals surface area contributed by atoms with E-state index in [1.165, 1.54) is 11.1 Å². The Hall–Kier alpha value is -0.850. The van der Waals surface area contributed by atoms with Crippen LogP contribution in [0.5, 0.6) is 0 Å². The molecule has 18 heavy (non-hydrogen) atoms. The topological polar surface area (TPSA) is 67.3 Å². The Labute approximate surface area is 114 Å². The van der Waals surface area contributed by atoms with Crippen molar-refractivity contribution in [2.45, 2.75) is 18.6 Å². The van der Waals surface area contributed by atoms with Gasteiger partial charge in [0.1, 0.15) is 10.4 Å². The van der Waals surface area contributed by atoms with Gasteiger partial charge in [0.25, 0.3) is 0 Å². The van der Waals surface area contributed by atoms with Crippen LogP contribution in [0.25, 0.3) is 0 Å². The number of carbonyl (C=O) groups excluding carboxylic acids is 1. The molecule has 5 nitrogen and oxygen atoms in total. The molecule has 0 aromatic carbocycles. The number of pyridine rings is 1. The Balaban J connectivity index is 2.33. The molecule has 98 valence electrons. The predicted molar refractivity (Wildman–Crippen MR) is 69.5 cm³/mol. The lowest BCUT2D eigenvalue weighted by Gasteiger charge is -2.18. The van der Waals surface area contributed by atoms with Gasteiger partial charge >= 0.3 is 0 Å². The highest BCUT2D eigenvalue weighted by Crippen LogP contribution is 2.29. The third-order valence-corrected chi connectivity index (χ3v) is 4.90. The number of aryl methyl sites for hydroxylation is 1. The van der Waals surface area contributed by atoms with Gasteiger partial charge in [0.2, 0.25) is 15.0 Å².